The Kier molecular flexibility index (Phi) is 6.75. The lowest BCUT2D eigenvalue weighted by atomic mass is 10.1. The Bertz CT molecular complexity index is 1220. The van der Waals surface area contributed by atoms with E-state index in [1.165, 1.54) is 13.4 Å². The van der Waals surface area contributed by atoms with Gasteiger partial charge in [0.25, 0.3) is 11.8 Å². The molecule has 4 rings (SSSR count). The summed E-state index contributed by atoms with van der Waals surface area (Å²) in [6.45, 7) is 4.71. The number of rotatable bonds is 7. The van der Waals surface area contributed by atoms with Crippen LogP contribution in [0, 0.1) is 19.7 Å². The average molecular weight is 451 g/mol. The molecule has 3 aromatic rings. The monoisotopic (exact) mass is 451 g/mol. The number of hydrogen-bond acceptors (Lipinski definition) is 9. The normalized spacial score (nSPS) is 13.7. The molecule has 33 heavy (non-hydrogen) atoms. The van der Waals surface area contributed by atoms with Crippen LogP contribution >= 0.6 is 0 Å². The van der Waals surface area contributed by atoms with E-state index in [1.807, 2.05) is 26.0 Å². The third-order valence-electron chi connectivity index (χ3n) is 4.87. The summed E-state index contributed by atoms with van der Waals surface area (Å²) in [5, 5.41) is 4.05. The first-order valence-electron chi connectivity index (χ1n) is 10.1. The van der Waals surface area contributed by atoms with E-state index in [0.717, 1.165) is 11.1 Å². The molecule has 0 saturated heterocycles. The highest BCUT2D eigenvalue weighted by Gasteiger charge is 2.22. The molecule has 0 spiro atoms. The van der Waals surface area contributed by atoms with Crippen molar-refractivity contribution in [2.75, 3.05) is 20.3 Å². The summed E-state index contributed by atoms with van der Waals surface area (Å²) in [6.07, 6.45) is 1.17. The fourth-order valence-electron chi connectivity index (χ4n) is 3.06. The van der Waals surface area contributed by atoms with Crippen LogP contribution in [0.25, 0.3) is 0 Å². The molecule has 0 unspecified atom stereocenters. The minimum absolute atomic E-state index is 0.247. The van der Waals surface area contributed by atoms with Gasteiger partial charge in [-0.25, -0.2) is 5.48 Å². The second kappa shape index (κ2) is 10.0. The summed E-state index contributed by atoms with van der Waals surface area (Å²) >= 11 is 0. The topological polar surface area (TPSA) is 99.5 Å². The van der Waals surface area contributed by atoms with Crippen molar-refractivity contribution >= 4 is 11.5 Å². The van der Waals surface area contributed by atoms with Crippen molar-refractivity contribution in [3.05, 3.63) is 71.3 Å². The zero-order chi connectivity index (χ0) is 23.2. The third-order valence-corrected chi connectivity index (χ3v) is 4.87. The van der Waals surface area contributed by atoms with E-state index in [2.05, 4.69) is 25.6 Å². The fraction of sp³-hybridized carbons (Fsp3) is 0.217. The van der Waals surface area contributed by atoms with E-state index >= 15 is 4.39 Å². The SMILES string of the molecule is CON=C(C1=NCCON1)c1ccccc1Oc1ncnc(Oc2cccc(C)c2C)c1F. The molecule has 0 saturated carbocycles. The molecule has 0 aliphatic carbocycles. The number of amidine groups is 1. The van der Waals surface area contributed by atoms with Crippen molar-refractivity contribution in [1.29, 1.82) is 0 Å². The molecule has 170 valence electrons. The number of hydrogen-bond donors (Lipinski definition) is 1. The summed E-state index contributed by atoms with van der Waals surface area (Å²) in [5.41, 5.74) is 5.43. The zero-order valence-corrected chi connectivity index (χ0v) is 18.3. The molecule has 0 amide bonds. The molecular weight excluding hydrogens is 429 g/mol. The molecule has 2 aromatic carbocycles. The van der Waals surface area contributed by atoms with Gasteiger partial charge in [-0.1, -0.05) is 29.4 Å². The molecular formula is C23H22FN5O4. The Morgan fingerprint density at radius 2 is 1.76 bits per heavy atom. The number of nitrogens with zero attached hydrogens (tertiary/aromatic N) is 4. The van der Waals surface area contributed by atoms with Gasteiger partial charge in [0.15, 0.2) is 11.5 Å². The van der Waals surface area contributed by atoms with Gasteiger partial charge in [-0.2, -0.15) is 14.4 Å². The molecule has 1 aliphatic rings. The quantitative estimate of drug-likeness (QED) is 0.426. The van der Waals surface area contributed by atoms with E-state index in [1.54, 1.807) is 30.3 Å². The number of benzene rings is 2. The summed E-state index contributed by atoms with van der Waals surface area (Å²) < 4.78 is 26.8. The predicted octanol–water partition coefficient (Wildman–Crippen LogP) is 4.10. The second-order valence-corrected chi connectivity index (χ2v) is 7.00. The van der Waals surface area contributed by atoms with Gasteiger partial charge in [-0.3, -0.25) is 9.83 Å². The van der Waals surface area contributed by atoms with E-state index in [4.69, 9.17) is 19.1 Å². The highest BCUT2D eigenvalue weighted by atomic mass is 19.1. The van der Waals surface area contributed by atoms with Gasteiger partial charge in [-0.15, -0.1) is 0 Å². The van der Waals surface area contributed by atoms with Gasteiger partial charge >= 0.3 is 0 Å². The van der Waals surface area contributed by atoms with Gasteiger partial charge in [-0.05, 0) is 43.2 Å². The summed E-state index contributed by atoms with van der Waals surface area (Å²) in [6, 6.07) is 12.4. The van der Waals surface area contributed by atoms with E-state index in [-0.39, 0.29) is 17.5 Å². The molecule has 10 heteroatoms. The lowest BCUT2D eigenvalue weighted by Crippen LogP contribution is -2.37. The van der Waals surface area contributed by atoms with Crippen LogP contribution in [0.4, 0.5) is 4.39 Å². The Morgan fingerprint density at radius 3 is 2.48 bits per heavy atom. The third kappa shape index (κ3) is 4.90. The van der Waals surface area contributed by atoms with Crippen LogP contribution in [-0.4, -0.2) is 41.8 Å². The van der Waals surface area contributed by atoms with Crippen molar-refractivity contribution in [2.24, 2.45) is 10.1 Å². The predicted molar refractivity (Wildman–Crippen MR) is 119 cm³/mol. The fourth-order valence-corrected chi connectivity index (χ4v) is 3.06. The maximum absolute atomic E-state index is 15.2. The van der Waals surface area contributed by atoms with Gasteiger partial charge in [0.2, 0.25) is 5.82 Å². The Hall–Kier alpha value is -4.05. The number of nitrogens with one attached hydrogen (secondary N) is 1. The smallest absolute Gasteiger partial charge is 0.263 e. The standard InChI is InChI=1S/C23H22FN5O4/c1-14-7-6-10-17(15(14)2)32-22-19(24)23(27-13-26-22)33-18-9-5-4-8-16(18)20(28-30-3)21-25-11-12-31-29-21/h4-10,13H,11-12H2,1-3H3,(H,25,29). The zero-order valence-electron chi connectivity index (χ0n) is 18.3. The summed E-state index contributed by atoms with van der Waals surface area (Å²) in [7, 11) is 1.41. The number of aromatic nitrogens is 2. The Morgan fingerprint density at radius 1 is 1.03 bits per heavy atom. The van der Waals surface area contributed by atoms with Crippen molar-refractivity contribution in [3.63, 3.8) is 0 Å². The first-order valence-corrected chi connectivity index (χ1v) is 10.1. The first-order chi connectivity index (χ1) is 16.1. The van der Waals surface area contributed by atoms with Crippen LogP contribution in [0.2, 0.25) is 0 Å². The van der Waals surface area contributed by atoms with Crippen LogP contribution in [0.5, 0.6) is 23.3 Å². The van der Waals surface area contributed by atoms with Gasteiger partial charge in [0, 0.05) is 0 Å². The number of hydroxylamine groups is 1. The number of aliphatic imine (C=N–C) groups is 1. The Balaban J connectivity index is 1.67. The summed E-state index contributed by atoms with van der Waals surface area (Å²) in [5.74, 6) is -0.252. The molecule has 0 atom stereocenters. The van der Waals surface area contributed by atoms with Gasteiger partial charge in [0.1, 0.15) is 24.9 Å². The van der Waals surface area contributed by atoms with Crippen LogP contribution in [-0.2, 0) is 9.68 Å². The minimum atomic E-state index is -0.838. The Labute approximate surface area is 189 Å². The highest BCUT2D eigenvalue weighted by Crippen LogP contribution is 2.32. The van der Waals surface area contributed by atoms with Crippen molar-refractivity contribution in [2.45, 2.75) is 13.8 Å². The maximum atomic E-state index is 15.2. The van der Waals surface area contributed by atoms with Crippen LogP contribution in [0.1, 0.15) is 16.7 Å². The molecule has 0 radical (unpaired) electrons. The molecule has 1 aliphatic heterocycles. The van der Waals surface area contributed by atoms with E-state index < -0.39 is 5.82 Å². The molecule has 0 fully saturated rings. The van der Waals surface area contributed by atoms with Crippen LogP contribution in [0.3, 0.4) is 0 Å². The van der Waals surface area contributed by atoms with Crippen molar-refractivity contribution in [3.8, 4) is 23.3 Å². The largest absolute Gasteiger partial charge is 0.436 e. The number of halogens is 1. The van der Waals surface area contributed by atoms with Gasteiger partial charge < -0.3 is 14.3 Å². The number of ether oxygens (including phenoxy) is 2. The number of para-hydroxylation sites is 1. The van der Waals surface area contributed by atoms with Crippen molar-refractivity contribution in [1.82, 2.24) is 15.4 Å². The van der Waals surface area contributed by atoms with Crippen LogP contribution in [0.15, 0.2) is 58.9 Å². The molecule has 9 nitrogen and oxygen atoms in total. The molecule has 1 N–H and O–H groups in total. The van der Waals surface area contributed by atoms with Crippen molar-refractivity contribution < 1.29 is 23.5 Å². The molecule has 1 aromatic heterocycles. The number of aryl methyl sites for hydroxylation is 1. The lowest BCUT2D eigenvalue weighted by Gasteiger charge is -2.18. The average Bonchev–Trinajstić information content (AvgIpc) is 2.84. The number of oxime groups is 1. The van der Waals surface area contributed by atoms with Crippen LogP contribution < -0.4 is 15.0 Å². The highest BCUT2D eigenvalue weighted by molar-refractivity contribution is 6.47. The maximum Gasteiger partial charge on any atom is 0.263 e. The lowest BCUT2D eigenvalue weighted by molar-refractivity contribution is 0.0836. The first kappa shape index (κ1) is 22.2. The summed E-state index contributed by atoms with van der Waals surface area (Å²) in [4.78, 5) is 22.5. The van der Waals surface area contributed by atoms with E-state index in [0.29, 0.717) is 36.0 Å². The van der Waals surface area contributed by atoms with Gasteiger partial charge in [0.05, 0.1) is 18.7 Å². The molecule has 2 heterocycles. The molecule has 0 bridgehead atoms. The second-order valence-electron chi connectivity index (χ2n) is 7.00. The minimum Gasteiger partial charge on any atom is -0.436 e. The van der Waals surface area contributed by atoms with E-state index in [9.17, 15) is 0 Å².